The van der Waals surface area contributed by atoms with E-state index < -0.39 is 0 Å². The second kappa shape index (κ2) is 6.55. The van der Waals surface area contributed by atoms with E-state index in [0.29, 0.717) is 6.61 Å². The van der Waals surface area contributed by atoms with E-state index in [1.54, 1.807) is 0 Å². The smallest absolute Gasteiger partial charge is 0.148 e. The van der Waals surface area contributed by atoms with Gasteiger partial charge in [0.15, 0.2) is 0 Å². The molecule has 1 N–H and O–H groups in total. The van der Waals surface area contributed by atoms with E-state index in [2.05, 4.69) is 40.3 Å². The van der Waals surface area contributed by atoms with Gasteiger partial charge in [0.1, 0.15) is 11.3 Å². The fourth-order valence-corrected chi connectivity index (χ4v) is 2.46. The van der Waals surface area contributed by atoms with Gasteiger partial charge in [-0.05, 0) is 48.5 Å². The summed E-state index contributed by atoms with van der Waals surface area (Å²) >= 11 is 3.52. The lowest BCUT2D eigenvalue weighted by atomic mass is 10.2. The van der Waals surface area contributed by atoms with Gasteiger partial charge in [-0.3, -0.25) is 0 Å². The van der Waals surface area contributed by atoms with Crippen molar-refractivity contribution in [2.45, 2.75) is 32.9 Å². The summed E-state index contributed by atoms with van der Waals surface area (Å²) in [6.07, 6.45) is 0.220. The van der Waals surface area contributed by atoms with Gasteiger partial charge >= 0.3 is 0 Å². The number of nitrogens with one attached hydrogen (secondary N) is 1. The van der Waals surface area contributed by atoms with Crippen LogP contribution in [0.1, 0.15) is 32.6 Å². The highest BCUT2D eigenvalue weighted by Crippen LogP contribution is 2.29. The van der Waals surface area contributed by atoms with Crippen LogP contribution in [0.2, 0.25) is 0 Å². The molecule has 104 valence electrons. The lowest BCUT2D eigenvalue weighted by Crippen LogP contribution is -2.26. The quantitative estimate of drug-likeness (QED) is 0.861. The fraction of sp³-hybridized carbons (Fsp3) is 0.467. The van der Waals surface area contributed by atoms with Crippen molar-refractivity contribution >= 4 is 26.9 Å². The molecule has 1 heterocycles. The van der Waals surface area contributed by atoms with Crippen LogP contribution in [-0.4, -0.2) is 19.3 Å². The second-order valence-corrected chi connectivity index (χ2v) is 5.65. The van der Waals surface area contributed by atoms with Crippen LogP contribution in [0.4, 0.5) is 0 Å². The zero-order valence-corrected chi connectivity index (χ0v) is 13.2. The largest absolute Gasteiger partial charge is 0.458 e. The third kappa shape index (κ3) is 3.59. The molecular formula is C15H20BrNO2. The van der Waals surface area contributed by atoms with Gasteiger partial charge in [-0.1, -0.05) is 19.1 Å². The molecule has 19 heavy (non-hydrogen) atoms. The average Bonchev–Trinajstić information content (AvgIpc) is 2.79. The van der Waals surface area contributed by atoms with Crippen LogP contribution in [-0.2, 0) is 4.74 Å². The molecule has 1 aromatic carbocycles. The van der Waals surface area contributed by atoms with Crippen LogP contribution in [0.3, 0.4) is 0 Å². The van der Waals surface area contributed by atoms with E-state index in [9.17, 15) is 0 Å². The number of rotatable bonds is 6. The second-order valence-electron chi connectivity index (χ2n) is 4.80. The lowest BCUT2D eigenvalue weighted by Gasteiger charge is -2.17. The number of para-hydroxylation sites is 1. The SMILES string of the molecule is CCNC(COC(C)C)c1cc2cccc(Br)c2o1. The zero-order chi connectivity index (χ0) is 13.8. The molecule has 0 aliphatic heterocycles. The number of likely N-dealkylation sites (N-methyl/N-ethyl adjacent to an activating group) is 1. The Morgan fingerprint density at radius 1 is 1.37 bits per heavy atom. The summed E-state index contributed by atoms with van der Waals surface area (Å²) in [5, 5.41) is 4.51. The maximum absolute atomic E-state index is 5.96. The van der Waals surface area contributed by atoms with E-state index >= 15 is 0 Å². The Morgan fingerprint density at radius 2 is 2.16 bits per heavy atom. The summed E-state index contributed by atoms with van der Waals surface area (Å²) in [5.74, 6) is 0.921. The first kappa shape index (κ1) is 14.6. The number of hydrogen-bond donors (Lipinski definition) is 1. The van der Waals surface area contributed by atoms with Crippen molar-refractivity contribution in [1.82, 2.24) is 5.32 Å². The van der Waals surface area contributed by atoms with Crippen LogP contribution in [0, 0.1) is 0 Å². The van der Waals surface area contributed by atoms with Gasteiger partial charge in [0.2, 0.25) is 0 Å². The highest BCUT2D eigenvalue weighted by Gasteiger charge is 2.17. The Hall–Kier alpha value is -0.840. The van der Waals surface area contributed by atoms with Gasteiger partial charge in [-0.25, -0.2) is 0 Å². The molecule has 2 aromatic rings. The van der Waals surface area contributed by atoms with E-state index in [4.69, 9.17) is 9.15 Å². The predicted octanol–water partition coefficient (Wildman–Crippen LogP) is 4.27. The number of ether oxygens (including phenoxy) is 1. The Morgan fingerprint density at radius 3 is 2.79 bits per heavy atom. The normalized spacial score (nSPS) is 13.3. The zero-order valence-electron chi connectivity index (χ0n) is 11.6. The maximum Gasteiger partial charge on any atom is 0.148 e. The van der Waals surface area contributed by atoms with Crippen LogP contribution >= 0.6 is 15.9 Å². The van der Waals surface area contributed by atoms with Crippen LogP contribution < -0.4 is 5.32 Å². The summed E-state index contributed by atoms with van der Waals surface area (Å²) in [4.78, 5) is 0. The third-order valence-electron chi connectivity index (χ3n) is 2.91. The van der Waals surface area contributed by atoms with Crippen molar-refractivity contribution in [2.24, 2.45) is 0 Å². The highest BCUT2D eigenvalue weighted by molar-refractivity contribution is 9.10. The predicted molar refractivity (Wildman–Crippen MR) is 81.4 cm³/mol. The molecule has 3 nitrogen and oxygen atoms in total. The van der Waals surface area contributed by atoms with Gasteiger partial charge in [-0.2, -0.15) is 0 Å². The number of hydrogen-bond acceptors (Lipinski definition) is 3. The summed E-state index contributed by atoms with van der Waals surface area (Å²) in [5.41, 5.74) is 0.893. The van der Waals surface area contributed by atoms with E-state index in [1.165, 1.54) is 0 Å². The van der Waals surface area contributed by atoms with Gasteiger partial charge < -0.3 is 14.5 Å². The maximum atomic E-state index is 5.96. The third-order valence-corrected chi connectivity index (χ3v) is 3.53. The fourth-order valence-electron chi connectivity index (χ4n) is 2.00. The summed E-state index contributed by atoms with van der Waals surface area (Å²) in [7, 11) is 0. The van der Waals surface area contributed by atoms with E-state index in [1.807, 2.05) is 26.0 Å². The Bertz CT molecular complexity index is 536. The summed E-state index contributed by atoms with van der Waals surface area (Å²) in [6, 6.07) is 8.23. The van der Waals surface area contributed by atoms with Gasteiger partial charge in [0.05, 0.1) is 23.2 Å². The van der Waals surface area contributed by atoms with Crippen molar-refractivity contribution in [3.8, 4) is 0 Å². The minimum atomic E-state index is 0.0895. The monoisotopic (exact) mass is 325 g/mol. The molecule has 0 spiro atoms. The molecule has 4 heteroatoms. The molecule has 0 saturated carbocycles. The lowest BCUT2D eigenvalue weighted by molar-refractivity contribution is 0.0575. The minimum Gasteiger partial charge on any atom is -0.458 e. The number of fused-ring (bicyclic) bond motifs is 1. The minimum absolute atomic E-state index is 0.0895. The Kier molecular flexibility index (Phi) is 5.02. The molecule has 1 aromatic heterocycles. The molecule has 0 amide bonds. The molecule has 0 aliphatic carbocycles. The molecule has 0 fully saturated rings. The van der Waals surface area contributed by atoms with Crippen molar-refractivity contribution in [2.75, 3.05) is 13.2 Å². The van der Waals surface area contributed by atoms with Crippen molar-refractivity contribution in [3.63, 3.8) is 0 Å². The topological polar surface area (TPSA) is 34.4 Å². The molecular weight excluding hydrogens is 306 g/mol. The molecule has 0 bridgehead atoms. The summed E-state index contributed by atoms with van der Waals surface area (Å²) in [6.45, 7) is 7.66. The number of furan rings is 1. The Balaban J connectivity index is 2.25. The van der Waals surface area contributed by atoms with Gasteiger partial charge in [0, 0.05) is 5.39 Å². The highest BCUT2D eigenvalue weighted by atomic mass is 79.9. The molecule has 1 unspecified atom stereocenters. The summed E-state index contributed by atoms with van der Waals surface area (Å²) < 4.78 is 12.6. The average molecular weight is 326 g/mol. The molecule has 2 rings (SSSR count). The van der Waals surface area contributed by atoms with Crippen molar-refractivity contribution < 1.29 is 9.15 Å². The molecule has 1 atom stereocenters. The first-order valence-electron chi connectivity index (χ1n) is 6.64. The first-order chi connectivity index (χ1) is 9.11. The van der Waals surface area contributed by atoms with E-state index in [-0.39, 0.29) is 12.1 Å². The number of benzene rings is 1. The standard InChI is InChI=1S/C15H20BrNO2/c1-4-17-13(9-18-10(2)3)14-8-11-6-5-7-12(16)15(11)19-14/h5-8,10,13,17H,4,9H2,1-3H3. The van der Waals surface area contributed by atoms with Crippen molar-refractivity contribution in [3.05, 3.63) is 34.5 Å². The molecule has 0 radical (unpaired) electrons. The van der Waals surface area contributed by atoms with Crippen LogP contribution in [0.5, 0.6) is 0 Å². The Labute approximate surface area is 122 Å². The van der Waals surface area contributed by atoms with E-state index in [0.717, 1.165) is 27.7 Å². The van der Waals surface area contributed by atoms with Crippen LogP contribution in [0.25, 0.3) is 11.0 Å². The molecule has 0 saturated heterocycles. The number of halogens is 1. The van der Waals surface area contributed by atoms with Gasteiger partial charge in [-0.15, -0.1) is 0 Å². The van der Waals surface area contributed by atoms with Crippen LogP contribution in [0.15, 0.2) is 33.2 Å². The first-order valence-corrected chi connectivity index (χ1v) is 7.44. The molecule has 0 aliphatic rings. The van der Waals surface area contributed by atoms with Gasteiger partial charge in [0.25, 0.3) is 0 Å². The van der Waals surface area contributed by atoms with Crippen molar-refractivity contribution in [1.29, 1.82) is 0 Å².